The predicted octanol–water partition coefficient (Wildman–Crippen LogP) is 3.89. The van der Waals surface area contributed by atoms with Gasteiger partial charge in [0.05, 0.1) is 15.4 Å². The zero-order chi connectivity index (χ0) is 12.3. The van der Waals surface area contributed by atoms with E-state index in [0.29, 0.717) is 8.95 Å². The number of carbonyl (C=O) groups is 1. The smallest absolute Gasteiger partial charge is 0.303 e. The van der Waals surface area contributed by atoms with E-state index in [4.69, 9.17) is 5.11 Å². The first-order chi connectivity index (χ1) is 7.45. The lowest BCUT2D eigenvalue weighted by Gasteiger charge is -2.14. The van der Waals surface area contributed by atoms with E-state index in [1.165, 1.54) is 0 Å². The van der Waals surface area contributed by atoms with Gasteiger partial charge in [-0.25, -0.2) is 0 Å². The normalized spacial score (nSPS) is 12.4. The maximum Gasteiger partial charge on any atom is 0.303 e. The summed E-state index contributed by atoms with van der Waals surface area (Å²) in [7, 11) is 0. The molecule has 1 atom stereocenters. The van der Waals surface area contributed by atoms with Crippen LogP contribution in [-0.4, -0.2) is 16.2 Å². The lowest BCUT2D eigenvalue weighted by Crippen LogP contribution is -2.05. The summed E-state index contributed by atoms with van der Waals surface area (Å²) < 4.78 is 1.14. The second-order valence-electron chi connectivity index (χ2n) is 3.54. The van der Waals surface area contributed by atoms with Crippen molar-refractivity contribution >= 4 is 37.8 Å². The molecule has 0 heterocycles. The van der Waals surface area contributed by atoms with Crippen LogP contribution >= 0.6 is 31.9 Å². The third kappa shape index (κ3) is 3.22. The van der Waals surface area contributed by atoms with Crippen LogP contribution in [0.5, 0.6) is 5.75 Å². The average Bonchev–Trinajstić information content (AvgIpc) is 2.21. The Kier molecular flexibility index (Phi) is 4.80. The Hall–Kier alpha value is -0.550. The lowest BCUT2D eigenvalue weighted by molar-refractivity contribution is -0.137. The SMILES string of the molecule is CCC(CC(=O)O)c1cc(Br)c(O)c(Br)c1. The molecule has 2 N–H and O–H groups in total. The van der Waals surface area contributed by atoms with Crippen molar-refractivity contribution < 1.29 is 15.0 Å². The molecular formula is C11H12Br2O3. The minimum atomic E-state index is -0.813. The molecule has 0 aliphatic rings. The summed E-state index contributed by atoms with van der Waals surface area (Å²) in [6.45, 7) is 1.95. The molecule has 0 aliphatic carbocycles. The number of phenols is 1. The molecule has 0 saturated heterocycles. The van der Waals surface area contributed by atoms with E-state index >= 15 is 0 Å². The lowest BCUT2D eigenvalue weighted by atomic mass is 9.93. The second kappa shape index (κ2) is 5.68. The molecule has 0 radical (unpaired) electrons. The van der Waals surface area contributed by atoms with E-state index in [1.54, 1.807) is 12.1 Å². The minimum Gasteiger partial charge on any atom is -0.506 e. The summed E-state index contributed by atoms with van der Waals surface area (Å²) >= 11 is 6.47. The van der Waals surface area contributed by atoms with Crippen LogP contribution < -0.4 is 0 Å². The molecule has 0 aromatic heterocycles. The van der Waals surface area contributed by atoms with Gasteiger partial charge in [0.1, 0.15) is 5.75 Å². The predicted molar refractivity (Wildman–Crippen MR) is 68.8 cm³/mol. The highest BCUT2D eigenvalue weighted by atomic mass is 79.9. The van der Waals surface area contributed by atoms with Crippen LogP contribution in [0.4, 0.5) is 0 Å². The highest BCUT2D eigenvalue weighted by Crippen LogP contribution is 2.37. The molecule has 0 aliphatic heterocycles. The minimum absolute atomic E-state index is 0.0364. The maximum atomic E-state index is 10.7. The van der Waals surface area contributed by atoms with Crippen molar-refractivity contribution in [2.45, 2.75) is 25.7 Å². The van der Waals surface area contributed by atoms with Gasteiger partial charge < -0.3 is 10.2 Å². The van der Waals surface area contributed by atoms with Crippen LogP contribution in [-0.2, 0) is 4.79 Å². The number of carboxylic acids is 1. The van der Waals surface area contributed by atoms with Crippen LogP contribution in [0.3, 0.4) is 0 Å². The van der Waals surface area contributed by atoms with Crippen molar-refractivity contribution in [3.05, 3.63) is 26.6 Å². The molecule has 0 bridgehead atoms. The van der Waals surface area contributed by atoms with Crippen LogP contribution in [0.1, 0.15) is 31.2 Å². The largest absolute Gasteiger partial charge is 0.506 e. The van der Waals surface area contributed by atoms with Gasteiger partial charge in [-0.2, -0.15) is 0 Å². The Labute approximate surface area is 111 Å². The van der Waals surface area contributed by atoms with Crippen LogP contribution in [0.25, 0.3) is 0 Å². The van der Waals surface area contributed by atoms with E-state index in [0.717, 1.165) is 12.0 Å². The molecule has 0 saturated carbocycles. The van der Waals surface area contributed by atoms with Gasteiger partial charge in [-0.3, -0.25) is 4.79 Å². The standard InChI is InChI=1S/C11H12Br2O3/c1-2-6(5-10(14)15)7-3-8(12)11(16)9(13)4-7/h3-4,6,16H,2,5H2,1H3,(H,14,15). The molecule has 1 aromatic carbocycles. The monoisotopic (exact) mass is 350 g/mol. The van der Waals surface area contributed by atoms with Crippen molar-refractivity contribution in [3.63, 3.8) is 0 Å². The van der Waals surface area contributed by atoms with Gasteiger partial charge in [-0.05, 0) is 61.9 Å². The summed E-state index contributed by atoms with van der Waals surface area (Å²) in [5.41, 5.74) is 0.904. The van der Waals surface area contributed by atoms with Crippen molar-refractivity contribution in [2.75, 3.05) is 0 Å². The van der Waals surface area contributed by atoms with E-state index in [9.17, 15) is 9.90 Å². The van der Waals surface area contributed by atoms with Gasteiger partial charge in [0, 0.05) is 0 Å². The Morgan fingerprint density at radius 3 is 2.25 bits per heavy atom. The molecule has 1 rings (SSSR count). The van der Waals surface area contributed by atoms with E-state index in [1.807, 2.05) is 6.92 Å². The molecule has 16 heavy (non-hydrogen) atoms. The van der Waals surface area contributed by atoms with Gasteiger partial charge in [-0.1, -0.05) is 6.92 Å². The highest BCUT2D eigenvalue weighted by molar-refractivity contribution is 9.11. The molecule has 1 aromatic rings. The first kappa shape index (κ1) is 13.5. The Morgan fingerprint density at radius 1 is 1.38 bits per heavy atom. The first-order valence-electron chi connectivity index (χ1n) is 4.85. The molecule has 0 fully saturated rings. The Balaban J connectivity index is 3.06. The molecular weight excluding hydrogens is 340 g/mol. The highest BCUT2D eigenvalue weighted by Gasteiger charge is 2.16. The van der Waals surface area contributed by atoms with Gasteiger partial charge in [0.15, 0.2) is 0 Å². The number of phenolic OH excluding ortho intramolecular Hbond substituents is 1. The fraction of sp³-hybridized carbons (Fsp3) is 0.364. The quantitative estimate of drug-likeness (QED) is 0.865. The third-order valence-corrected chi connectivity index (χ3v) is 3.63. The van der Waals surface area contributed by atoms with Crippen molar-refractivity contribution in [1.82, 2.24) is 0 Å². The van der Waals surface area contributed by atoms with Crippen LogP contribution in [0.2, 0.25) is 0 Å². The van der Waals surface area contributed by atoms with Gasteiger partial charge in [0.2, 0.25) is 0 Å². The van der Waals surface area contributed by atoms with E-state index < -0.39 is 5.97 Å². The topological polar surface area (TPSA) is 57.5 Å². The van der Waals surface area contributed by atoms with Gasteiger partial charge in [0.25, 0.3) is 0 Å². The molecule has 5 heteroatoms. The molecule has 88 valence electrons. The summed E-state index contributed by atoms with van der Waals surface area (Å²) in [6.07, 6.45) is 0.843. The molecule has 0 amide bonds. The third-order valence-electron chi connectivity index (χ3n) is 2.42. The van der Waals surface area contributed by atoms with E-state index in [2.05, 4.69) is 31.9 Å². The number of hydrogen-bond acceptors (Lipinski definition) is 2. The zero-order valence-electron chi connectivity index (χ0n) is 8.70. The molecule has 0 spiro atoms. The molecule has 1 unspecified atom stereocenters. The van der Waals surface area contributed by atoms with Crippen molar-refractivity contribution in [3.8, 4) is 5.75 Å². The van der Waals surface area contributed by atoms with Crippen molar-refractivity contribution in [1.29, 1.82) is 0 Å². The van der Waals surface area contributed by atoms with Crippen LogP contribution in [0, 0.1) is 0 Å². The first-order valence-corrected chi connectivity index (χ1v) is 6.44. The Morgan fingerprint density at radius 2 is 1.88 bits per heavy atom. The second-order valence-corrected chi connectivity index (χ2v) is 5.24. The van der Waals surface area contributed by atoms with Crippen LogP contribution in [0.15, 0.2) is 21.1 Å². The number of carboxylic acid groups (broad SMARTS) is 1. The maximum absolute atomic E-state index is 10.7. The summed E-state index contributed by atoms with van der Waals surface area (Å²) in [5.74, 6) is -0.716. The number of halogens is 2. The fourth-order valence-electron chi connectivity index (χ4n) is 1.53. The molecule has 3 nitrogen and oxygen atoms in total. The number of aromatic hydroxyl groups is 1. The zero-order valence-corrected chi connectivity index (χ0v) is 11.9. The Bertz CT molecular complexity index is 381. The fourth-order valence-corrected chi connectivity index (χ4v) is 2.75. The summed E-state index contributed by atoms with van der Waals surface area (Å²) in [4.78, 5) is 10.7. The van der Waals surface area contributed by atoms with E-state index in [-0.39, 0.29) is 18.1 Å². The van der Waals surface area contributed by atoms with Gasteiger partial charge >= 0.3 is 5.97 Å². The van der Waals surface area contributed by atoms with Crippen molar-refractivity contribution in [2.24, 2.45) is 0 Å². The summed E-state index contributed by atoms with van der Waals surface area (Å²) in [6, 6.07) is 3.52. The number of benzene rings is 1. The number of rotatable bonds is 4. The average molecular weight is 352 g/mol. The van der Waals surface area contributed by atoms with Gasteiger partial charge in [-0.15, -0.1) is 0 Å². The number of hydrogen-bond donors (Lipinski definition) is 2. The number of aliphatic carboxylic acids is 1. The summed E-state index contributed by atoms with van der Waals surface area (Å²) in [5, 5.41) is 18.4.